The number of nitrogens with one attached hydrogen (secondary N) is 1. The average molecular weight is 579 g/mol. The smallest absolute Gasteiger partial charge is 0.337 e. The first kappa shape index (κ1) is 31.2. The molecule has 42 heavy (non-hydrogen) atoms. The van der Waals surface area contributed by atoms with Gasteiger partial charge in [-0.25, -0.2) is 14.2 Å². The van der Waals surface area contributed by atoms with Gasteiger partial charge in [-0.05, 0) is 88.8 Å². The first-order valence-corrected chi connectivity index (χ1v) is 14.5. The molecule has 2 N–H and O–H groups in total. The van der Waals surface area contributed by atoms with Gasteiger partial charge < -0.3 is 24.8 Å². The molecule has 1 atom stereocenters. The molecule has 1 aliphatic rings. The number of carboxylic acid groups (broad SMARTS) is 1. The number of piperidine rings is 1. The molecule has 226 valence electrons. The van der Waals surface area contributed by atoms with Crippen LogP contribution in [0.3, 0.4) is 0 Å². The predicted octanol–water partition coefficient (Wildman–Crippen LogP) is 6.96. The van der Waals surface area contributed by atoms with Gasteiger partial charge in [0.2, 0.25) is 0 Å². The number of halogens is 1. The molecule has 0 spiro atoms. The predicted molar refractivity (Wildman–Crippen MR) is 164 cm³/mol. The van der Waals surface area contributed by atoms with Crippen LogP contribution in [-0.4, -0.2) is 52.9 Å². The Hall–Kier alpha value is -3.72. The van der Waals surface area contributed by atoms with Gasteiger partial charge in [0.15, 0.2) is 6.10 Å². The van der Waals surface area contributed by atoms with Gasteiger partial charge in [-0.2, -0.15) is 0 Å². The van der Waals surface area contributed by atoms with Crippen LogP contribution in [0, 0.1) is 25.1 Å². The quantitative estimate of drug-likeness (QED) is 0.249. The van der Waals surface area contributed by atoms with Gasteiger partial charge in [-0.1, -0.05) is 13.8 Å². The van der Waals surface area contributed by atoms with Crippen LogP contribution in [0.5, 0.6) is 5.75 Å². The minimum absolute atomic E-state index is 0.223. The van der Waals surface area contributed by atoms with Gasteiger partial charge in [0, 0.05) is 47.9 Å². The molecule has 4 rings (SSSR count). The number of hydrogen-bond donors (Lipinski definition) is 2. The van der Waals surface area contributed by atoms with Gasteiger partial charge in [0.05, 0.1) is 17.8 Å². The maximum absolute atomic E-state index is 13.3. The van der Waals surface area contributed by atoms with Crippen molar-refractivity contribution in [3.05, 3.63) is 65.4 Å². The maximum atomic E-state index is 13.3. The van der Waals surface area contributed by atoms with Crippen LogP contribution in [0.15, 0.2) is 42.7 Å². The Kier molecular flexibility index (Phi) is 9.40. The summed E-state index contributed by atoms with van der Waals surface area (Å²) in [5.74, 6) is -0.000850. The minimum Gasteiger partial charge on any atom is -0.491 e. The van der Waals surface area contributed by atoms with E-state index < -0.39 is 17.7 Å². The lowest BCUT2D eigenvalue weighted by Crippen LogP contribution is -2.39. The molecule has 3 aromatic rings. The number of aliphatic carboxylic acids is 1. The Morgan fingerprint density at radius 1 is 1.12 bits per heavy atom. The molecule has 3 heterocycles. The lowest BCUT2D eigenvalue weighted by atomic mass is 9.82. The van der Waals surface area contributed by atoms with E-state index in [4.69, 9.17) is 9.47 Å². The molecule has 0 saturated carbocycles. The lowest BCUT2D eigenvalue weighted by Gasteiger charge is -2.40. The van der Waals surface area contributed by atoms with Crippen LogP contribution in [0.2, 0.25) is 0 Å². The summed E-state index contributed by atoms with van der Waals surface area (Å²) in [7, 11) is 0. The summed E-state index contributed by atoms with van der Waals surface area (Å²) in [6.07, 6.45) is 4.41. The summed E-state index contributed by atoms with van der Waals surface area (Å²) in [6, 6.07) is 8.31. The molecule has 0 radical (unpaired) electrons. The van der Waals surface area contributed by atoms with Crippen molar-refractivity contribution in [2.24, 2.45) is 5.41 Å². The standard InChI is InChI=1S/C33H43FN4O4/c1-21-18-24(34)9-10-26(21)41-17-14-35-27-11-8-23(19-37-27)25-20-36-22(2)28(30(31(39)40)42-32(3,4)5)29(25)38-15-12-33(6,7)13-16-38/h8-11,18-20,30H,12-17H2,1-7H3,(H,35,37)(H,39,40)/t30-/m0/s1. The number of aryl methyl sites for hydroxylation is 2. The van der Waals surface area contributed by atoms with Crippen molar-refractivity contribution in [3.63, 3.8) is 0 Å². The number of rotatable bonds is 10. The zero-order valence-electron chi connectivity index (χ0n) is 25.8. The van der Waals surface area contributed by atoms with Crippen LogP contribution in [0.1, 0.15) is 70.4 Å². The van der Waals surface area contributed by atoms with Crippen molar-refractivity contribution < 1.29 is 23.8 Å². The average Bonchev–Trinajstić information content (AvgIpc) is 2.91. The van der Waals surface area contributed by atoms with Crippen LogP contribution >= 0.6 is 0 Å². The van der Waals surface area contributed by atoms with Crippen molar-refractivity contribution in [1.29, 1.82) is 0 Å². The fraction of sp³-hybridized carbons (Fsp3) is 0.485. The summed E-state index contributed by atoms with van der Waals surface area (Å²) in [5.41, 5.74) is 4.04. The maximum Gasteiger partial charge on any atom is 0.337 e. The Morgan fingerprint density at radius 2 is 1.83 bits per heavy atom. The molecule has 2 aromatic heterocycles. The van der Waals surface area contributed by atoms with E-state index >= 15 is 0 Å². The first-order chi connectivity index (χ1) is 19.7. The first-order valence-electron chi connectivity index (χ1n) is 14.5. The molecule has 0 amide bonds. The number of benzene rings is 1. The molecule has 8 nitrogen and oxygen atoms in total. The molecule has 1 aliphatic heterocycles. The minimum atomic E-state index is -1.17. The Labute approximate surface area is 248 Å². The zero-order valence-corrected chi connectivity index (χ0v) is 25.8. The third kappa shape index (κ3) is 7.76. The van der Waals surface area contributed by atoms with E-state index in [-0.39, 0.29) is 11.2 Å². The van der Waals surface area contributed by atoms with E-state index in [2.05, 4.69) is 34.0 Å². The number of carboxylic acids is 1. The van der Waals surface area contributed by atoms with Crippen LogP contribution < -0.4 is 15.0 Å². The Morgan fingerprint density at radius 3 is 2.43 bits per heavy atom. The highest BCUT2D eigenvalue weighted by molar-refractivity contribution is 5.86. The van der Waals surface area contributed by atoms with E-state index in [1.54, 1.807) is 12.3 Å². The van der Waals surface area contributed by atoms with Crippen LogP contribution in [0.25, 0.3) is 11.1 Å². The Balaban J connectivity index is 1.61. The van der Waals surface area contributed by atoms with Crippen molar-refractivity contribution in [2.75, 3.05) is 36.5 Å². The molecule has 1 saturated heterocycles. The normalized spacial score (nSPS) is 15.8. The van der Waals surface area contributed by atoms with Crippen LogP contribution in [0.4, 0.5) is 15.9 Å². The molecule has 0 unspecified atom stereocenters. The Bertz CT molecular complexity index is 1390. The number of aromatic nitrogens is 2. The second-order valence-electron chi connectivity index (χ2n) is 12.7. The van der Waals surface area contributed by atoms with Crippen molar-refractivity contribution in [3.8, 4) is 16.9 Å². The number of pyridine rings is 2. The molecule has 1 aromatic carbocycles. The third-order valence-electron chi connectivity index (χ3n) is 7.56. The van der Waals surface area contributed by atoms with Gasteiger partial charge in [-0.15, -0.1) is 0 Å². The summed E-state index contributed by atoms with van der Waals surface area (Å²) in [4.78, 5) is 24.1. The van der Waals surface area contributed by atoms with Gasteiger partial charge >= 0.3 is 5.97 Å². The highest BCUT2D eigenvalue weighted by Crippen LogP contribution is 2.43. The van der Waals surface area contributed by atoms with Crippen molar-refractivity contribution in [2.45, 2.75) is 73.0 Å². The molecule has 0 bridgehead atoms. The lowest BCUT2D eigenvalue weighted by molar-refractivity contribution is -0.160. The van der Waals surface area contributed by atoms with Gasteiger partial charge in [-0.3, -0.25) is 4.98 Å². The van der Waals surface area contributed by atoms with Gasteiger partial charge in [0.1, 0.15) is 24.0 Å². The molecule has 9 heteroatoms. The number of nitrogens with zero attached hydrogens (tertiary/aromatic N) is 3. The second kappa shape index (κ2) is 12.7. The summed E-state index contributed by atoms with van der Waals surface area (Å²) < 4.78 is 25.2. The third-order valence-corrected chi connectivity index (χ3v) is 7.56. The number of carbonyl (C=O) groups is 1. The SMILES string of the molecule is Cc1cc(F)ccc1OCCNc1ccc(-c2cnc(C)c([C@H](OC(C)(C)C)C(=O)O)c2N2CCC(C)(C)CC2)cn1. The van der Waals surface area contributed by atoms with E-state index in [1.807, 2.05) is 52.9 Å². The second-order valence-corrected chi connectivity index (χ2v) is 12.7. The number of hydrogen-bond acceptors (Lipinski definition) is 7. The molecule has 1 fully saturated rings. The number of anilines is 2. The van der Waals surface area contributed by atoms with Gasteiger partial charge in [0.25, 0.3) is 0 Å². The van der Waals surface area contributed by atoms with E-state index in [0.717, 1.165) is 48.3 Å². The highest BCUT2D eigenvalue weighted by atomic mass is 19.1. The largest absolute Gasteiger partial charge is 0.491 e. The van der Waals surface area contributed by atoms with Crippen molar-refractivity contribution >= 4 is 17.5 Å². The summed E-state index contributed by atoms with van der Waals surface area (Å²) >= 11 is 0. The summed E-state index contributed by atoms with van der Waals surface area (Å²) in [6.45, 7) is 16.3. The topological polar surface area (TPSA) is 96.8 Å². The fourth-order valence-corrected chi connectivity index (χ4v) is 5.17. The zero-order chi connectivity index (χ0) is 30.7. The monoisotopic (exact) mass is 578 g/mol. The summed E-state index contributed by atoms with van der Waals surface area (Å²) in [5, 5.41) is 13.6. The van der Waals surface area contributed by atoms with E-state index in [1.165, 1.54) is 12.1 Å². The molecular formula is C33H43FN4O4. The fourth-order valence-electron chi connectivity index (χ4n) is 5.17. The number of ether oxygens (including phenoxy) is 2. The van der Waals surface area contributed by atoms with Crippen molar-refractivity contribution in [1.82, 2.24) is 9.97 Å². The highest BCUT2D eigenvalue weighted by Gasteiger charge is 2.35. The van der Waals surface area contributed by atoms with Crippen LogP contribution in [-0.2, 0) is 9.53 Å². The van der Waals surface area contributed by atoms with E-state index in [9.17, 15) is 14.3 Å². The molecule has 0 aliphatic carbocycles. The molecular weight excluding hydrogens is 535 g/mol. The van der Waals surface area contributed by atoms with E-state index in [0.29, 0.717) is 36.0 Å².